The molecule has 3 heterocycles. The number of aliphatic hydroxyl groups is 1. The first kappa shape index (κ1) is 21.8. The number of ether oxygens (including phenoxy) is 1. The van der Waals surface area contributed by atoms with Gasteiger partial charge in [-0.2, -0.15) is 0 Å². The normalized spacial score (nSPS) is 16.0. The van der Waals surface area contributed by atoms with E-state index in [-0.39, 0.29) is 16.5 Å². The Bertz CT molecular complexity index is 1450. The number of furan rings is 1. The third-order valence-corrected chi connectivity index (χ3v) is 6.49. The number of hydrogen-bond acceptors (Lipinski definition) is 7. The number of amides is 1. The van der Waals surface area contributed by atoms with Crippen molar-refractivity contribution in [3.8, 4) is 5.75 Å². The van der Waals surface area contributed by atoms with Crippen molar-refractivity contribution in [1.29, 1.82) is 0 Å². The Balaban J connectivity index is 1.64. The van der Waals surface area contributed by atoms with Gasteiger partial charge in [0.1, 0.15) is 17.3 Å². The standard InChI is InChI=1S/C25H19FN2O5S/c1-3-32-16-9-10-17-19(12-16)34-25(27-17)28-21(14-5-7-15(26)8-6-14)20(23(30)24(28)31)22(29)18-11-4-13(2)33-18/h4-12,21,30H,3H2,1-2H3. The van der Waals surface area contributed by atoms with Crippen molar-refractivity contribution < 1.29 is 28.2 Å². The molecule has 1 aliphatic heterocycles. The molecule has 34 heavy (non-hydrogen) atoms. The number of carbonyl (C=O) groups is 2. The van der Waals surface area contributed by atoms with Gasteiger partial charge in [-0.15, -0.1) is 0 Å². The number of ketones is 1. The van der Waals surface area contributed by atoms with Crippen LogP contribution in [0.2, 0.25) is 0 Å². The van der Waals surface area contributed by atoms with Crippen LogP contribution in [0.4, 0.5) is 9.52 Å². The lowest BCUT2D eigenvalue weighted by molar-refractivity contribution is -0.117. The van der Waals surface area contributed by atoms with E-state index in [4.69, 9.17) is 9.15 Å². The number of fused-ring (bicyclic) bond motifs is 1. The van der Waals surface area contributed by atoms with Crippen LogP contribution >= 0.6 is 11.3 Å². The van der Waals surface area contributed by atoms with Crippen molar-refractivity contribution in [2.45, 2.75) is 19.9 Å². The van der Waals surface area contributed by atoms with Gasteiger partial charge in [0.2, 0.25) is 5.78 Å². The molecule has 2 aromatic heterocycles. The van der Waals surface area contributed by atoms with Crippen LogP contribution in [0.15, 0.2) is 70.3 Å². The molecule has 0 fully saturated rings. The van der Waals surface area contributed by atoms with Crippen LogP contribution in [-0.4, -0.2) is 28.4 Å². The third kappa shape index (κ3) is 3.63. The molecule has 4 aromatic rings. The van der Waals surface area contributed by atoms with E-state index < -0.39 is 29.3 Å². The molecule has 0 aliphatic carbocycles. The minimum Gasteiger partial charge on any atom is -0.503 e. The summed E-state index contributed by atoms with van der Waals surface area (Å²) in [6, 6.07) is 12.9. The molecule has 2 aromatic carbocycles. The number of nitrogens with zero attached hydrogens (tertiary/aromatic N) is 2. The third-order valence-electron chi connectivity index (χ3n) is 5.47. The second-order valence-electron chi connectivity index (χ2n) is 7.69. The van der Waals surface area contributed by atoms with E-state index in [1.165, 1.54) is 46.6 Å². The molecule has 5 rings (SSSR count). The number of aryl methyl sites for hydroxylation is 1. The zero-order chi connectivity index (χ0) is 24.0. The van der Waals surface area contributed by atoms with Gasteiger partial charge < -0.3 is 14.3 Å². The fourth-order valence-corrected chi connectivity index (χ4v) is 4.96. The number of thiazole rings is 1. The van der Waals surface area contributed by atoms with E-state index in [0.29, 0.717) is 29.2 Å². The summed E-state index contributed by atoms with van der Waals surface area (Å²) < 4.78 is 25.4. The van der Waals surface area contributed by atoms with Crippen LogP contribution in [0.5, 0.6) is 5.75 Å². The number of carbonyl (C=O) groups excluding carboxylic acids is 2. The Morgan fingerprint density at radius 1 is 1.21 bits per heavy atom. The Kier molecular flexibility index (Phi) is 5.41. The highest BCUT2D eigenvalue weighted by Gasteiger charge is 2.46. The number of rotatable bonds is 6. The summed E-state index contributed by atoms with van der Waals surface area (Å²) in [5.74, 6) is -1.39. The molecule has 172 valence electrons. The summed E-state index contributed by atoms with van der Waals surface area (Å²) in [5, 5.41) is 11.1. The van der Waals surface area contributed by atoms with Crippen LogP contribution in [-0.2, 0) is 4.79 Å². The number of aliphatic hydroxyl groups excluding tert-OH is 1. The fraction of sp³-hybridized carbons (Fsp3) is 0.160. The number of anilines is 1. The zero-order valence-electron chi connectivity index (χ0n) is 18.2. The fourth-order valence-electron chi connectivity index (χ4n) is 3.94. The quantitative estimate of drug-likeness (QED) is 0.367. The topological polar surface area (TPSA) is 92.9 Å². The van der Waals surface area contributed by atoms with Gasteiger partial charge in [0.05, 0.1) is 28.4 Å². The van der Waals surface area contributed by atoms with Crippen molar-refractivity contribution in [2.24, 2.45) is 0 Å². The molecule has 7 nitrogen and oxygen atoms in total. The van der Waals surface area contributed by atoms with Crippen molar-refractivity contribution in [1.82, 2.24) is 4.98 Å². The van der Waals surface area contributed by atoms with Crippen molar-refractivity contribution in [2.75, 3.05) is 11.5 Å². The van der Waals surface area contributed by atoms with E-state index in [1.54, 1.807) is 25.1 Å². The maximum absolute atomic E-state index is 13.7. The molecule has 0 saturated carbocycles. The van der Waals surface area contributed by atoms with Gasteiger partial charge in [-0.25, -0.2) is 9.37 Å². The molecule has 1 N–H and O–H groups in total. The lowest BCUT2D eigenvalue weighted by Crippen LogP contribution is -2.30. The van der Waals surface area contributed by atoms with Gasteiger partial charge in [-0.3, -0.25) is 14.5 Å². The number of halogens is 1. The van der Waals surface area contributed by atoms with Crippen molar-refractivity contribution in [3.05, 3.63) is 88.8 Å². The molecule has 0 saturated heterocycles. The minimum atomic E-state index is -1.02. The van der Waals surface area contributed by atoms with Gasteiger partial charge in [-0.05, 0) is 61.9 Å². The summed E-state index contributed by atoms with van der Waals surface area (Å²) >= 11 is 1.22. The monoisotopic (exact) mass is 478 g/mol. The average molecular weight is 479 g/mol. The number of aromatic nitrogens is 1. The van der Waals surface area contributed by atoms with Gasteiger partial charge in [-0.1, -0.05) is 23.5 Å². The van der Waals surface area contributed by atoms with Crippen LogP contribution in [0.3, 0.4) is 0 Å². The van der Waals surface area contributed by atoms with Crippen LogP contribution in [0.25, 0.3) is 10.2 Å². The molecule has 0 radical (unpaired) electrons. The molecule has 1 unspecified atom stereocenters. The highest BCUT2D eigenvalue weighted by molar-refractivity contribution is 7.22. The summed E-state index contributed by atoms with van der Waals surface area (Å²) in [7, 11) is 0. The average Bonchev–Trinajstić information content (AvgIpc) is 3.50. The van der Waals surface area contributed by atoms with E-state index in [0.717, 1.165) is 4.70 Å². The first-order chi connectivity index (χ1) is 16.4. The van der Waals surface area contributed by atoms with Gasteiger partial charge in [0, 0.05) is 0 Å². The summed E-state index contributed by atoms with van der Waals surface area (Å²) in [6.45, 7) is 4.07. The van der Waals surface area contributed by atoms with E-state index in [2.05, 4.69) is 4.98 Å². The smallest absolute Gasteiger partial charge is 0.296 e. The van der Waals surface area contributed by atoms with Crippen LogP contribution in [0.1, 0.15) is 34.8 Å². The van der Waals surface area contributed by atoms with E-state index >= 15 is 0 Å². The second kappa shape index (κ2) is 8.42. The number of Topliss-reactive ketones (excluding diaryl/α,β-unsaturated/α-hetero) is 1. The summed E-state index contributed by atoms with van der Waals surface area (Å²) in [4.78, 5) is 32.4. The van der Waals surface area contributed by atoms with Crippen molar-refractivity contribution >= 4 is 38.4 Å². The Morgan fingerprint density at radius 2 is 1.97 bits per heavy atom. The number of hydrogen-bond donors (Lipinski definition) is 1. The Labute approximate surface area is 197 Å². The Hall–Kier alpha value is -3.98. The SMILES string of the molecule is CCOc1ccc2nc(N3C(=O)C(O)=C(C(=O)c4ccc(C)o4)C3c3ccc(F)cc3)sc2c1. The highest BCUT2D eigenvalue weighted by atomic mass is 32.1. The van der Waals surface area contributed by atoms with Gasteiger partial charge in [0.25, 0.3) is 5.91 Å². The van der Waals surface area contributed by atoms with E-state index in [9.17, 15) is 19.1 Å². The lowest BCUT2D eigenvalue weighted by atomic mass is 9.95. The largest absolute Gasteiger partial charge is 0.503 e. The van der Waals surface area contributed by atoms with Crippen LogP contribution < -0.4 is 9.64 Å². The van der Waals surface area contributed by atoms with Gasteiger partial charge in [0.15, 0.2) is 16.7 Å². The summed E-state index contributed by atoms with van der Waals surface area (Å²) in [5.41, 5.74) is 0.926. The maximum atomic E-state index is 13.7. The predicted molar refractivity (Wildman–Crippen MR) is 125 cm³/mol. The first-order valence-electron chi connectivity index (χ1n) is 10.5. The molecular formula is C25H19FN2O5S. The first-order valence-corrected chi connectivity index (χ1v) is 11.4. The predicted octanol–water partition coefficient (Wildman–Crippen LogP) is 5.52. The molecule has 0 bridgehead atoms. The van der Waals surface area contributed by atoms with Crippen LogP contribution in [0, 0.1) is 12.7 Å². The van der Waals surface area contributed by atoms with Gasteiger partial charge >= 0.3 is 0 Å². The highest BCUT2D eigenvalue weighted by Crippen LogP contribution is 2.44. The molecule has 1 amide bonds. The second-order valence-corrected chi connectivity index (χ2v) is 8.70. The van der Waals surface area contributed by atoms with E-state index in [1.807, 2.05) is 13.0 Å². The lowest BCUT2D eigenvalue weighted by Gasteiger charge is -2.24. The molecule has 0 spiro atoms. The molecule has 1 aliphatic rings. The zero-order valence-corrected chi connectivity index (χ0v) is 19.1. The Morgan fingerprint density at radius 3 is 2.65 bits per heavy atom. The number of benzene rings is 2. The summed E-state index contributed by atoms with van der Waals surface area (Å²) in [6.07, 6.45) is 0. The van der Waals surface area contributed by atoms with Crippen molar-refractivity contribution in [3.63, 3.8) is 0 Å². The molecule has 9 heteroatoms. The molecular weight excluding hydrogens is 459 g/mol. The molecule has 1 atom stereocenters. The maximum Gasteiger partial charge on any atom is 0.296 e. The minimum absolute atomic E-state index is 0.00790.